The maximum absolute atomic E-state index is 11.1. The molecule has 0 fully saturated rings. The smallest absolute Gasteiger partial charge is 0.200 e. The maximum atomic E-state index is 11.1. The zero-order chi connectivity index (χ0) is 15.4. The first-order valence-electron chi connectivity index (χ1n) is 6.30. The van der Waals surface area contributed by atoms with Crippen molar-refractivity contribution in [1.29, 1.82) is 0 Å². The number of hydrogen-bond donors (Lipinski definition) is 2. The van der Waals surface area contributed by atoms with Crippen LogP contribution in [0.15, 0.2) is 30.3 Å². The first kappa shape index (κ1) is 14.7. The van der Waals surface area contributed by atoms with E-state index < -0.39 is 0 Å². The second kappa shape index (κ2) is 6.17. The van der Waals surface area contributed by atoms with Gasteiger partial charge in [-0.05, 0) is 47.9 Å². The van der Waals surface area contributed by atoms with Crippen molar-refractivity contribution in [2.45, 2.75) is 6.42 Å². The molecule has 0 bridgehead atoms. The SMILES string of the molecule is COc1cc(Cc2cc(O)ccc2C=O)cc(OC)c1O. The standard InChI is InChI=1S/C16H16O5/c1-20-14-6-10(7-15(21-2)16(14)19)5-12-8-13(18)4-3-11(12)9-17/h3-4,6-9,18-19H,5H2,1-2H3. The van der Waals surface area contributed by atoms with Crippen LogP contribution in [-0.4, -0.2) is 30.7 Å². The van der Waals surface area contributed by atoms with Crippen molar-refractivity contribution >= 4 is 6.29 Å². The molecule has 0 atom stereocenters. The van der Waals surface area contributed by atoms with Gasteiger partial charge in [0.25, 0.3) is 0 Å². The fourth-order valence-electron chi connectivity index (χ4n) is 2.13. The van der Waals surface area contributed by atoms with Crippen LogP contribution in [0.2, 0.25) is 0 Å². The van der Waals surface area contributed by atoms with E-state index in [0.29, 0.717) is 17.5 Å². The quantitative estimate of drug-likeness (QED) is 0.827. The van der Waals surface area contributed by atoms with Crippen LogP contribution in [0.5, 0.6) is 23.0 Å². The molecule has 0 aromatic heterocycles. The number of carbonyl (C=O) groups excluding carboxylic acids is 1. The normalized spacial score (nSPS) is 10.2. The molecule has 5 heteroatoms. The number of rotatable bonds is 5. The summed E-state index contributed by atoms with van der Waals surface area (Å²) in [4.78, 5) is 11.1. The van der Waals surface area contributed by atoms with Crippen molar-refractivity contribution in [3.8, 4) is 23.0 Å². The van der Waals surface area contributed by atoms with Gasteiger partial charge in [-0.25, -0.2) is 0 Å². The average molecular weight is 288 g/mol. The lowest BCUT2D eigenvalue weighted by Crippen LogP contribution is -1.97. The average Bonchev–Trinajstić information content (AvgIpc) is 2.49. The lowest BCUT2D eigenvalue weighted by atomic mass is 9.99. The lowest BCUT2D eigenvalue weighted by molar-refractivity contribution is 0.112. The summed E-state index contributed by atoms with van der Waals surface area (Å²) in [5.41, 5.74) is 1.97. The molecular weight excluding hydrogens is 272 g/mol. The van der Waals surface area contributed by atoms with Crippen LogP contribution in [0.4, 0.5) is 0 Å². The Morgan fingerprint density at radius 2 is 1.67 bits per heavy atom. The highest BCUT2D eigenvalue weighted by molar-refractivity contribution is 5.78. The molecule has 2 rings (SSSR count). The summed E-state index contributed by atoms with van der Waals surface area (Å²) in [6, 6.07) is 7.89. The third-order valence-corrected chi connectivity index (χ3v) is 3.19. The van der Waals surface area contributed by atoms with Gasteiger partial charge in [0.05, 0.1) is 14.2 Å². The van der Waals surface area contributed by atoms with Crippen LogP contribution >= 0.6 is 0 Å². The molecule has 2 aromatic rings. The van der Waals surface area contributed by atoms with E-state index in [9.17, 15) is 15.0 Å². The van der Waals surface area contributed by atoms with Crippen molar-refractivity contribution in [3.05, 3.63) is 47.0 Å². The molecule has 5 nitrogen and oxygen atoms in total. The fourth-order valence-corrected chi connectivity index (χ4v) is 2.13. The van der Waals surface area contributed by atoms with E-state index in [1.165, 1.54) is 26.4 Å². The largest absolute Gasteiger partial charge is 0.508 e. The summed E-state index contributed by atoms with van der Waals surface area (Å²) in [6.07, 6.45) is 1.14. The van der Waals surface area contributed by atoms with E-state index in [2.05, 4.69) is 0 Å². The van der Waals surface area contributed by atoms with Crippen molar-refractivity contribution < 1.29 is 24.5 Å². The Bertz CT molecular complexity index is 639. The molecule has 2 N–H and O–H groups in total. The van der Waals surface area contributed by atoms with Crippen molar-refractivity contribution in [1.82, 2.24) is 0 Å². The maximum Gasteiger partial charge on any atom is 0.200 e. The molecule has 2 aromatic carbocycles. The van der Waals surface area contributed by atoms with Crippen LogP contribution in [0.1, 0.15) is 21.5 Å². The van der Waals surface area contributed by atoms with Gasteiger partial charge in [0.1, 0.15) is 12.0 Å². The highest BCUT2D eigenvalue weighted by atomic mass is 16.5. The Balaban J connectivity index is 2.44. The lowest BCUT2D eigenvalue weighted by Gasteiger charge is -2.12. The Labute approximate surface area is 122 Å². The molecule has 0 unspecified atom stereocenters. The topological polar surface area (TPSA) is 76.0 Å². The van der Waals surface area contributed by atoms with Gasteiger partial charge in [-0.15, -0.1) is 0 Å². The summed E-state index contributed by atoms with van der Waals surface area (Å²) < 4.78 is 10.2. The van der Waals surface area contributed by atoms with E-state index >= 15 is 0 Å². The second-order valence-corrected chi connectivity index (χ2v) is 4.53. The van der Waals surface area contributed by atoms with Crippen LogP contribution in [0, 0.1) is 0 Å². The number of benzene rings is 2. The number of methoxy groups -OCH3 is 2. The van der Waals surface area contributed by atoms with Gasteiger partial charge in [0.2, 0.25) is 5.75 Å². The van der Waals surface area contributed by atoms with E-state index in [1.54, 1.807) is 18.2 Å². The number of aldehydes is 1. The van der Waals surface area contributed by atoms with Gasteiger partial charge in [-0.2, -0.15) is 0 Å². The summed E-state index contributed by atoms with van der Waals surface area (Å²) >= 11 is 0. The molecule has 0 spiro atoms. The van der Waals surface area contributed by atoms with Crippen LogP contribution in [0.25, 0.3) is 0 Å². The van der Waals surface area contributed by atoms with Crippen LogP contribution in [0.3, 0.4) is 0 Å². The zero-order valence-electron chi connectivity index (χ0n) is 11.8. The summed E-state index contributed by atoms with van der Waals surface area (Å²) in [5, 5.41) is 19.4. The summed E-state index contributed by atoms with van der Waals surface area (Å²) in [6.45, 7) is 0. The third kappa shape index (κ3) is 3.08. The van der Waals surface area contributed by atoms with Crippen molar-refractivity contribution in [2.75, 3.05) is 14.2 Å². The van der Waals surface area contributed by atoms with E-state index in [1.807, 2.05) is 0 Å². The minimum absolute atomic E-state index is 0.0738. The molecule has 0 saturated heterocycles. The molecule has 0 aliphatic heterocycles. The van der Waals surface area contributed by atoms with Gasteiger partial charge in [0, 0.05) is 5.56 Å². The van der Waals surface area contributed by atoms with Crippen LogP contribution in [-0.2, 0) is 6.42 Å². The van der Waals surface area contributed by atoms with Gasteiger partial charge in [-0.3, -0.25) is 4.79 Å². The Hall–Kier alpha value is -2.69. The summed E-state index contributed by atoms with van der Waals surface area (Å²) in [5.74, 6) is 0.595. The molecule has 110 valence electrons. The number of carbonyl (C=O) groups is 1. The number of aromatic hydroxyl groups is 2. The molecule has 0 radical (unpaired) electrons. The van der Waals surface area contributed by atoms with Gasteiger partial charge < -0.3 is 19.7 Å². The van der Waals surface area contributed by atoms with Gasteiger partial charge in [-0.1, -0.05) is 0 Å². The monoisotopic (exact) mass is 288 g/mol. The van der Waals surface area contributed by atoms with E-state index in [4.69, 9.17) is 9.47 Å². The van der Waals surface area contributed by atoms with Crippen LogP contribution < -0.4 is 9.47 Å². The predicted octanol–water partition coefficient (Wildman–Crippen LogP) is 2.52. The first-order valence-corrected chi connectivity index (χ1v) is 6.30. The van der Waals surface area contributed by atoms with Gasteiger partial charge in [0.15, 0.2) is 11.5 Å². The molecule has 0 aliphatic carbocycles. The highest BCUT2D eigenvalue weighted by Gasteiger charge is 2.13. The Morgan fingerprint density at radius 3 is 2.19 bits per heavy atom. The number of phenols is 2. The van der Waals surface area contributed by atoms with E-state index in [-0.39, 0.29) is 23.0 Å². The minimum atomic E-state index is -0.0738. The minimum Gasteiger partial charge on any atom is -0.508 e. The van der Waals surface area contributed by atoms with Crippen molar-refractivity contribution in [2.24, 2.45) is 0 Å². The van der Waals surface area contributed by atoms with E-state index in [0.717, 1.165) is 11.8 Å². The molecule has 0 saturated carbocycles. The zero-order valence-corrected chi connectivity index (χ0v) is 11.8. The molecule has 0 heterocycles. The molecule has 0 aliphatic rings. The fraction of sp³-hybridized carbons (Fsp3) is 0.188. The van der Waals surface area contributed by atoms with Crippen molar-refractivity contribution in [3.63, 3.8) is 0 Å². The Kier molecular flexibility index (Phi) is 4.33. The highest BCUT2D eigenvalue weighted by Crippen LogP contribution is 2.37. The second-order valence-electron chi connectivity index (χ2n) is 4.53. The number of phenolic OH excluding ortho intramolecular Hbond substituents is 2. The number of hydrogen-bond acceptors (Lipinski definition) is 5. The molecule has 0 amide bonds. The predicted molar refractivity (Wildman–Crippen MR) is 77.5 cm³/mol. The molecule has 21 heavy (non-hydrogen) atoms. The third-order valence-electron chi connectivity index (χ3n) is 3.19. The van der Waals surface area contributed by atoms with Gasteiger partial charge >= 0.3 is 0 Å². The Morgan fingerprint density at radius 1 is 1.05 bits per heavy atom. The molecular formula is C16H16O5. The summed E-state index contributed by atoms with van der Waals surface area (Å²) in [7, 11) is 2.90. The first-order chi connectivity index (χ1) is 10.1. The number of ether oxygens (including phenoxy) is 2.